The predicted molar refractivity (Wildman–Crippen MR) is 393 cm³/mol. The molecule has 544 valence electrons. The molecule has 11 nitrogen and oxygen atoms in total. The first kappa shape index (κ1) is 88.4. The maximum Gasteiger partial charge on any atom is 0.305 e. The topological polar surface area (TPSA) is 175 Å². The summed E-state index contributed by atoms with van der Waals surface area (Å²) in [4.78, 5) is 25.1. The molecule has 0 bridgehead atoms. The Balaban J connectivity index is 1.86. The average molecular weight is 1310 g/mol. The van der Waals surface area contributed by atoms with E-state index in [-0.39, 0.29) is 18.5 Å². The molecule has 7 atom stereocenters. The molecule has 1 fully saturated rings. The SMILES string of the molecule is CCCCC/C=C\C/C=C\CCCCCCCCCC(=O)OCCCCCCCCCCCCCCCCC/C=C\C/C=C\CCCCCCCCCCCCCCCCCCCC(=O)NC(COC1OC(CO)C(O)C(O)C1O)C(O)/C=C/CCCCCCCCC. The van der Waals surface area contributed by atoms with Gasteiger partial charge in [0.15, 0.2) is 6.29 Å². The Morgan fingerprint density at radius 1 is 0.398 bits per heavy atom. The van der Waals surface area contributed by atoms with E-state index in [1.165, 1.54) is 289 Å². The second-order valence-electron chi connectivity index (χ2n) is 27.8. The van der Waals surface area contributed by atoms with Gasteiger partial charge in [0.2, 0.25) is 5.91 Å². The number of nitrogens with one attached hydrogen (secondary N) is 1. The minimum Gasteiger partial charge on any atom is -0.466 e. The molecule has 0 aromatic carbocycles. The third-order valence-corrected chi connectivity index (χ3v) is 18.8. The van der Waals surface area contributed by atoms with Gasteiger partial charge in [-0.3, -0.25) is 9.59 Å². The number of hydrogen-bond donors (Lipinski definition) is 6. The minimum atomic E-state index is -1.57. The number of carbonyl (C=O) groups excluding carboxylic acids is 2. The standard InChI is InChI=1S/C82H151NO10/c1-3-5-7-9-11-13-14-15-16-40-44-47-50-54-58-62-66-70-78(87)91-71-67-63-59-55-51-48-45-42-39-37-35-33-31-29-27-25-23-21-19-17-18-20-22-24-26-28-30-32-34-36-38-41-43-46-49-53-57-61-65-69-77(86)83-74(75(85)68-64-60-56-52-12-10-8-6-4-2)73-92-82-81(90)80(89)79(88)76(72-84)93-82/h11,13,15-18,21,23,64,68,74-76,79-82,84-85,88-90H,3-10,12,14,19-20,22,24-63,65-67,69-73H2,1-2H3,(H,83,86)/b13-11-,16-15-,18-17-,23-21-,68-64+. The molecule has 0 aromatic heterocycles. The van der Waals surface area contributed by atoms with E-state index in [9.17, 15) is 35.1 Å². The molecule has 93 heavy (non-hydrogen) atoms. The van der Waals surface area contributed by atoms with Crippen molar-refractivity contribution in [2.45, 2.75) is 429 Å². The van der Waals surface area contributed by atoms with Crippen molar-refractivity contribution in [3.63, 3.8) is 0 Å². The highest BCUT2D eigenvalue weighted by atomic mass is 16.7. The van der Waals surface area contributed by atoms with E-state index < -0.39 is 49.5 Å². The third kappa shape index (κ3) is 59.2. The number of rotatable bonds is 71. The number of allylic oxidation sites excluding steroid dienone is 9. The number of aliphatic hydroxyl groups excluding tert-OH is 5. The zero-order valence-electron chi connectivity index (χ0n) is 60.7. The van der Waals surface area contributed by atoms with Crippen LogP contribution in [0.3, 0.4) is 0 Å². The van der Waals surface area contributed by atoms with Crippen LogP contribution in [0.2, 0.25) is 0 Å². The van der Waals surface area contributed by atoms with E-state index in [1.54, 1.807) is 6.08 Å². The van der Waals surface area contributed by atoms with Crippen LogP contribution in [0.5, 0.6) is 0 Å². The number of ether oxygens (including phenoxy) is 3. The van der Waals surface area contributed by atoms with Crippen molar-refractivity contribution < 1.29 is 49.3 Å². The second-order valence-corrected chi connectivity index (χ2v) is 27.8. The molecule has 0 spiro atoms. The molecule has 0 radical (unpaired) electrons. The second kappa shape index (κ2) is 70.7. The first-order valence-electron chi connectivity index (χ1n) is 40.1. The lowest BCUT2D eigenvalue weighted by molar-refractivity contribution is -0.302. The fraction of sp³-hybridized carbons (Fsp3) is 0.854. The largest absolute Gasteiger partial charge is 0.466 e. The van der Waals surface area contributed by atoms with Crippen LogP contribution in [-0.2, 0) is 23.8 Å². The van der Waals surface area contributed by atoms with Crippen LogP contribution in [0, 0.1) is 0 Å². The molecular weight excluding hydrogens is 1160 g/mol. The van der Waals surface area contributed by atoms with Gasteiger partial charge in [0.05, 0.1) is 32.0 Å². The Hall–Kier alpha value is -2.64. The summed E-state index contributed by atoms with van der Waals surface area (Å²) in [5, 5.41) is 54.3. The Kier molecular flexibility index (Phi) is 67.2. The Morgan fingerprint density at radius 2 is 0.720 bits per heavy atom. The lowest BCUT2D eigenvalue weighted by Gasteiger charge is -2.40. The van der Waals surface area contributed by atoms with Crippen LogP contribution < -0.4 is 5.32 Å². The zero-order valence-corrected chi connectivity index (χ0v) is 60.7. The summed E-state index contributed by atoms with van der Waals surface area (Å²) in [5.74, 6) is -0.173. The van der Waals surface area contributed by atoms with Gasteiger partial charge in [-0.2, -0.15) is 0 Å². The fourth-order valence-corrected chi connectivity index (χ4v) is 12.6. The van der Waals surface area contributed by atoms with Crippen molar-refractivity contribution in [2.75, 3.05) is 19.8 Å². The van der Waals surface area contributed by atoms with Crippen molar-refractivity contribution >= 4 is 11.9 Å². The van der Waals surface area contributed by atoms with E-state index >= 15 is 0 Å². The Morgan fingerprint density at radius 3 is 1.11 bits per heavy atom. The molecule has 11 heteroatoms. The molecule has 7 unspecified atom stereocenters. The van der Waals surface area contributed by atoms with Crippen molar-refractivity contribution in [3.8, 4) is 0 Å². The quantitative estimate of drug-likeness (QED) is 0.0195. The van der Waals surface area contributed by atoms with Crippen LogP contribution in [0.1, 0.15) is 386 Å². The van der Waals surface area contributed by atoms with E-state index in [0.29, 0.717) is 19.4 Å². The average Bonchev–Trinajstić information content (AvgIpc) is 0.878. The van der Waals surface area contributed by atoms with Crippen LogP contribution in [0.25, 0.3) is 0 Å². The highest BCUT2D eigenvalue weighted by Gasteiger charge is 2.44. The monoisotopic (exact) mass is 1310 g/mol. The number of amides is 1. The minimum absolute atomic E-state index is 0.00690. The molecule has 1 aliphatic rings. The van der Waals surface area contributed by atoms with Crippen LogP contribution in [-0.4, -0.2) is 100 Å². The molecule has 1 amide bonds. The van der Waals surface area contributed by atoms with Gasteiger partial charge in [-0.05, 0) is 96.3 Å². The summed E-state index contributed by atoms with van der Waals surface area (Å²) >= 11 is 0. The number of unbranched alkanes of at least 4 members (excludes halogenated alkanes) is 49. The smallest absolute Gasteiger partial charge is 0.305 e. The number of aliphatic hydroxyl groups is 5. The third-order valence-electron chi connectivity index (χ3n) is 18.8. The molecule has 1 aliphatic heterocycles. The number of carbonyl (C=O) groups is 2. The summed E-state index contributed by atoms with van der Waals surface area (Å²) in [6.07, 6.45) is 85.6. The van der Waals surface area contributed by atoms with Crippen LogP contribution in [0.4, 0.5) is 0 Å². The summed E-state index contributed by atoms with van der Waals surface area (Å²) in [5.41, 5.74) is 0. The molecule has 6 N–H and O–H groups in total. The van der Waals surface area contributed by atoms with Crippen LogP contribution >= 0.6 is 0 Å². The lowest BCUT2D eigenvalue weighted by Crippen LogP contribution is -2.60. The van der Waals surface area contributed by atoms with E-state index in [0.717, 1.165) is 70.6 Å². The normalized spacial score (nSPS) is 17.8. The number of esters is 1. The van der Waals surface area contributed by atoms with E-state index in [2.05, 4.69) is 67.8 Å². The van der Waals surface area contributed by atoms with Gasteiger partial charge >= 0.3 is 5.97 Å². The van der Waals surface area contributed by atoms with Crippen molar-refractivity contribution in [1.82, 2.24) is 5.32 Å². The molecule has 0 aliphatic carbocycles. The van der Waals surface area contributed by atoms with E-state index in [1.807, 2.05) is 6.08 Å². The van der Waals surface area contributed by atoms with Crippen molar-refractivity contribution in [1.29, 1.82) is 0 Å². The summed E-state index contributed by atoms with van der Waals surface area (Å²) in [6.45, 7) is 4.32. The molecule has 1 heterocycles. The Bertz CT molecular complexity index is 1730. The summed E-state index contributed by atoms with van der Waals surface area (Å²) in [7, 11) is 0. The zero-order chi connectivity index (χ0) is 67.2. The van der Waals surface area contributed by atoms with Gasteiger partial charge in [-0.15, -0.1) is 0 Å². The summed E-state index contributed by atoms with van der Waals surface area (Å²) in [6, 6.07) is -0.807. The lowest BCUT2D eigenvalue weighted by atomic mass is 9.99. The molecule has 1 rings (SSSR count). The molecule has 1 saturated heterocycles. The van der Waals surface area contributed by atoms with Gasteiger partial charge in [0, 0.05) is 12.8 Å². The van der Waals surface area contributed by atoms with Gasteiger partial charge in [0.25, 0.3) is 0 Å². The maximum atomic E-state index is 13.0. The molecule has 0 aromatic rings. The highest BCUT2D eigenvalue weighted by molar-refractivity contribution is 5.76. The molecule has 0 saturated carbocycles. The highest BCUT2D eigenvalue weighted by Crippen LogP contribution is 2.24. The molecular formula is C82H151NO10. The summed E-state index contributed by atoms with van der Waals surface area (Å²) < 4.78 is 16.7. The van der Waals surface area contributed by atoms with Gasteiger partial charge in [-0.1, -0.05) is 338 Å². The predicted octanol–water partition coefficient (Wildman–Crippen LogP) is 21.6. The van der Waals surface area contributed by atoms with Crippen LogP contribution in [0.15, 0.2) is 60.8 Å². The first-order chi connectivity index (χ1) is 45.7. The Labute approximate surface area is 573 Å². The van der Waals surface area contributed by atoms with Gasteiger partial charge in [0.1, 0.15) is 24.4 Å². The number of hydrogen-bond acceptors (Lipinski definition) is 10. The first-order valence-corrected chi connectivity index (χ1v) is 40.1. The maximum absolute atomic E-state index is 13.0. The fourth-order valence-electron chi connectivity index (χ4n) is 12.6. The van der Waals surface area contributed by atoms with Crippen molar-refractivity contribution in [2.24, 2.45) is 0 Å². The van der Waals surface area contributed by atoms with E-state index in [4.69, 9.17) is 14.2 Å². The van der Waals surface area contributed by atoms with Gasteiger partial charge in [-0.25, -0.2) is 0 Å². The van der Waals surface area contributed by atoms with Crippen molar-refractivity contribution in [3.05, 3.63) is 60.8 Å². The van der Waals surface area contributed by atoms with Gasteiger partial charge < -0.3 is 45.1 Å².